The number of ether oxygens (including phenoxy) is 2. The summed E-state index contributed by atoms with van der Waals surface area (Å²) in [5, 5.41) is 0. The highest BCUT2D eigenvalue weighted by Crippen LogP contribution is 2.40. The molecular weight excluding hydrogens is 415 g/mol. The number of nitrogens with zero attached hydrogens (tertiary/aromatic N) is 2. The summed E-state index contributed by atoms with van der Waals surface area (Å²) < 4.78 is 24.7. The van der Waals surface area contributed by atoms with E-state index in [0.717, 1.165) is 0 Å². The van der Waals surface area contributed by atoms with Crippen LogP contribution in [0, 0.1) is 11.7 Å². The van der Waals surface area contributed by atoms with Crippen LogP contribution in [-0.4, -0.2) is 34.2 Å². The van der Waals surface area contributed by atoms with Crippen LogP contribution in [0.25, 0.3) is 0 Å². The van der Waals surface area contributed by atoms with Gasteiger partial charge in [0.25, 0.3) is 5.91 Å². The Morgan fingerprint density at radius 1 is 1.06 bits per heavy atom. The Morgan fingerprint density at radius 2 is 1.91 bits per heavy atom. The van der Waals surface area contributed by atoms with Gasteiger partial charge in [0.1, 0.15) is 11.7 Å². The van der Waals surface area contributed by atoms with E-state index in [2.05, 4.69) is 4.98 Å². The topological polar surface area (TPSA) is 85.8 Å². The molecule has 1 saturated heterocycles. The minimum atomic E-state index is -1.32. The first-order valence-electron chi connectivity index (χ1n) is 9.96. The highest BCUT2D eigenvalue weighted by Gasteiger charge is 2.51. The third-order valence-electron chi connectivity index (χ3n) is 5.61. The Balaban J connectivity index is 1.57. The average molecular weight is 432 g/mol. The fourth-order valence-corrected chi connectivity index (χ4v) is 4.14. The molecule has 5 rings (SSSR count). The fraction of sp³-hybridized carbons (Fsp3) is 0.167. The minimum Gasteiger partial charge on any atom is -0.454 e. The van der Waals surface area contributed by atoms with Crippen molar-refractivity contribution >= 4 is 17.5 Å². The van der Waals surface area contributed by atoms with E-state index in [1.165, 1.54) is 35.2 Å². The summed E-state index contributed by atoms with van der Waals surface area (Å²) in [5.41, 5.74) is 1.27. The van der Waals surface area contributed by atoms with E-state index >= 15 is 0 Å². The van der Waals surface area contributed by atoms with Gasteiger partial charge >= 0.3 is 0 Å². The van der Waals surface area contributed by atoms with Crippen molar-refractivity contribution in [2.45, 2.75) is 12.6 Å². The largest absolute Gasteiger partial charge is 0.454 e. The summed E-state index contributed by atoms with van der Waals surface area (Å²) >= 11 is 0. The van der Waals surface area contributed by atoms with Crippen molar-refractivity contribution in [1.82, 2.24) is 9.88 Å². The molecule has 3 heterocycles. The second-order valence-corrected chi connectivity index (χ2v) is 7.57. The number of pyridine rings is 1. The van der Waals surface area contributed by atoms with Crippen LogP contribution in [0.5, 0.6) is 11.5 Å². The lowest BCUT2D eigenvalue weighted by atomic mass is 9.86. The Labute approximate surface area is 182 Å². The molecule has 2 aliphatic rings. The molecule has 32 heavy (non-hydrogen) atoms. The summed E-state index contributed by atoms with van der Waals surface area (Å²) in [7, 11) is 0. The van der Waals surface area contributed by atoms with Crippen LogP contribution < -0.4 is 9.47 Å². The maximum atomic E-state index is 14.1. The molecule has 0 bridgehead atoms. The lowest BCUT2D eigenvalue weighted by Crippen LogP contribution is -2.30. The molecule has 0 aliphatic carbocycles. The fourth-order valence-electron chi connectivity index (χ4n) is 4.14. The SMILES string of the molecule is O=C1C(=O)N(Cc2cccnc2)C(c2cccc(F)c2)C1C(=O)c1ccc2c(c1)OCO2. The first-order valence-corrected chi connectivity index (χ1v) is 9.96. The first-order chi connectivity index (χ1) is 15.5. The molecule has 0 N–H and O–H groups in total. The van der Waals surface area contributed by atoms with Crippen molar-refractivity contribution in [3.05, 3.63) is 89.5 Å². The van der Waals surface area contributed by atoms with E-state index in [1.54, 1.807) is 36.7 Å². The van der Waals surface area contributed by atoms with Crippen molar-refractivity contribution in [1.29, 1.82) is 0 Å². The standard InChI is InChI=1S/C24H17FN2O5/c25-17-5-1-4-15(9-17)21-20(22(28)16-6-7-18-19(10-16)32-13-31-18)23(29)24(30)27(21)12-14-3-2-8-26-11-14/h1-11,20-21H,12-13H2. The number of carbonyl (C=O) groups excluding carboxylic acids is 3. The number of carbonyl (C=O) groups is 3. The molecule has 3 aromatic rings. The van der Waals surface area contributed by atoms with Crippen molar-refractivity contribution < 1.29 is 28.2 Å². The number of hydrogen-bond acceptors (Lipinski definition) is 6. The summed E-state index contributed by atoms with van der Waals surface area (Å²) in [6, 6.07) is 12.7. The molecule has 0 spiro atoms. The number of aromatic nitrogens is 1. The molecule has 1 amide bonds. The quantitative estimate of drug-likeness (QED) is 0.350. The monoisotopic (exact) mass is 432 g/mol. The van der Waals surface area contributed by atoms with Crippen molar-refractivity contribution in [2.75, 3.05) is 6.79 Å². The predicted molar refractivity (Wildman–Crippen MR) is 109 cm³/mol. The van der Waals surface area contributed by atoms with Gasteiger partial charge in [0.05, 0.1) is 6.04 Å². The zero-order valence-electron chi connectivity index (χ0n) is 16.7. The van der Waals surface area contributed by atoms with Crippen LogP contribution in [0.4, 0.5) is 4.39 Å². The summed E-state index contributed by atoms with van der Waals surface area (Å²) in [6.45, 7) is 0.100. The molecule has 7 nitrogen and oxygen atoms in total. The lowest BCUT2D eigenvalue weighted by molar-refractivity contribution is -0.141. The molecular formula is C24H17FN2O5. The minimum absolute atomic E-state index is 0.0403. The van der Waals surface area contributed by atoms with Gasteiger partial charge < -0.3 is 14.4 Å². The zero-order valence-corrected chi connectivity index (χ0v) is 16.7. The molecule has 2 unspecified atom stereocenters. The van der Waals surface area contributed by atoms with Gasteiger partial charge in [-0.25, -0.2) is 4.39 Å². The van der Waals surface area contributed by atoms with Gasteiger partial charge in [-0.1, -0.05) is 18.2 Å². The van der Waals surface area contributed by atoms with E-state index in [-0.39, 0.29) is 18.9 Å². The third-order valence-corrected chi connectivity index (χ3v) is 5.61. The first kappa shape index (κ1) is 19.9. The normalized spacial score (nSPS) is 19.5. The molecule has 2 atom stereocenters. The van der Waals surface area contributed by atoms with Crippen LogP contribution in [-0.2, 0) is 16.1 Å². The van der Waals surface area contributed by atoms with E-state index in [1.807, 2.05) is 0 Å². The number of benzene rings is 2. The van der Waals surface area contributed by atoms with E-state index in [0.29, 0.717) is 22.6 Å². The summed E-state index contributed by atoms with van der Waals surface area (Å²) in [4.78, 5) is 44.8. The van der Waals surface area contributed by atoms with Gasteiger partial charge in [-0.3, -0.25) is 19.4 Å². The van der Waals surface area contributed by atoms with Crippen molar-refractivity contribution in [3.63, 3.8) is 0 Å². The van der Waals surface area contributed by atoms with E-state index < -0.39 is 35.3 Å². The number of fused-ring (bicyclic) bond motifs is 1. The number of amides is 1. The number of halogens is 1. The molecule has 1 aromatic heterocycles. The summed E-state index contributed by atoms with van der Waals surface area (Å²) in [6.07, 6.45) is 3.17. The number of rotatable bonds is 5. The Kier molecular flexibility index (Phi) is 4.89. The Bertz CT molecular complexity index is 1230. The summed E-state index contributed by atoms with van der Waals surface area (Å²) in [5.74, 6) is -3.11. The highest BCUT2D eigenvalue weighted by molar-refractivity contribution is 6.44. The zero-order chi connectivity index (χ0) is 22.2. The molecule has 1 fully saturated rings. The van der Waals surface area contributed by atoms with Gasteiger partial charge in [0.15, 0.2) is 17.3 Å². The molecule has 160 valence electrons. The van der Waals surface area contributed by atoms with Crippen LogP contribution in [0.15, 0.2) is 67.0 Å². The second-order valence-electron chi connectivity index (χ2n) is 7.57. The van der Waals surface area contributed by atoms with Gasteiger partial charge in [0.2, 0.25) is 12.6 Å². The van der Waals surface area contributed by atoms with Gasteiger partial charge in [-0.15, -0.1) is 0 Å². The number of Topliss-reactive ketones (excluding diaryl/α,β-unsaturated/α-hetero) is 2. The van der Waals surface area contributed by atoms with Crippen molar-refractivity contribution in [2.24, 2.45) is 5.92 Å². The van der Waals surface area contributed by atoms with E-state index in [4.69, 9.17) is 9.47 Å². The molecule has 8 heteroatoms. The third kappa shape index (κ3) is 3.39. The molecule has 0 saturated carbocycles. The number of likely N-dealkylation sites (tertiary alicyclic amines) is 1. The van der Waals surface area contributed by atoms with Gasteiger partial charge in [0, 0.05) is 24.5 Å². The van der Waals surface area contributed by atoms with Gasteiger partial charge in [-0.05, 0) is 47.5 Å². The molecule has 0 radical (unpaired) electrons. The van der Waals surface area contributed by atoms with Crippen molar-refractivity contribution in [3.8, 4) is 11.5 Å². The van der Waals surface area contributed by atoms with Crippen LogP contribution in [0.1, 0.15) is 27.5 Å². The number of hydrogen-bond donors (Lipinski definition) is 0. The van der Waals surface area contributed by atoms with Crippen LogP contribution >= 0.6 is 0 Å². The number of ketones is 2. The van der Waals surface area contributed by atoms with Crippen LogP contribution in [0.3, 0.4) is 0 Å². The second kappa shape index (κ2) is 7.88. The van der Waals surface area contributed by atoms with Gasteiger partial charge in [-0.2, -0.15) is 0 Å². The molecule has 2 aliphatic heterocycles. The van der Waals surface area contributed by atoms with E-state index in [9.17, 15) is 18.8 Å². The Hall–Kier alpha value is -4.07. The predicted octanol–water partition coefficient (Wildman–Crippen LogP) is 3.10. The highest BCUT2D eigenvalue weighted by atomic mass is 19.1. The average Bonchev–Trinajstić information content (AvgIpc) is 3.37. The smallest absolute Gasteiger partial charge is 0.291 e. The lowest BCUT2D eigenvalue weighted by Gasteiger charge is -2.27. The Morgan fingerprint density at radius 3 is 2.69 bits per heavy atom. The van der Waals surface area contributed by atoms with Crippen LogP contribution in [0.2, 0.25) is 0 Å². The molecule has 2 aromatic carbocycles. The maximum Gasteiger partial charge on any atom is 0.291 e. The maximum absolute atomic E-state index is 14.1.